The van der Waals surface area contributed by atoms with Gasteiger partial charge in [-0.15, -0.1) is 11.6 Å². The average Bonchev–Trinajstić information content (AvgIpc) is 2.26. The first-order valence-electron chi connectivity index (χ1n) is 5.23. The highest BCUT2D eigenvalue weighted by atomic mass is 79.9. The van der Waals surface area contributed by atoms with Crippen LogP contribution >= 0.6 is 27.5 Å². The van der Waals surface area contributed by atoms with Crippen molar-refractivity contribution in [1.29, 1.82) is 0 Å². The lowest BCUT2D eigenvalue weighted by molar-refractivity contribution is -0.116. The van der Waals surface area contributed by atoms with Crippen molar-refractivity contribution in [3.05, 3.63) is 34.3 Å². The number of benzene rings is 1. The molecule has 0 bridgehead atoms. The number of alkyl halides is 1. The van der Waals surface area contributed by atoms with Crippen molar-refractivity contribution < 1.29 is 9.47 Å². The predicted molar refractivity (Wildman–Crippen MR) is 67.8 cm³/mol. The van der Waals surface area contributed by atoms with Crippen molar-refractivity contribution in [1.82, 2.24) is 0 Å². The van der Waals surface area contributed by atoms with E-state index in [0.717, 1.165) is 16.5 Å². The van der Waals surface area contributed by atoms with Crippen LogP contribution in [-0.4, -0.2) is 24.7 Å². The molecule has 0 radical (unpaired) electrons. The zero-order valence-corrected chi connectivity index (χ0v) is 11.4. The van der Waals surface area contributed by atoms with Crippen LogP contribution in [0.25, 0.3) is 0 Å². The maximum Gasteiger partial charge on any atom is 0.0997 e. The van der Waals surface area contributed by atoms with E-state index in [1.165, 1.54) is 0 Å². The maximum absolute atomic E-state index is 6.00. The third-order valence-corrected chi connectivity index (χ3v) is 3.79. The SMILES string of the molecule is COC1C(Cl)CC1OCc1ccc(Br)cc1. The van der Waals surface area contributed by atoms with E-state index >= 15 is 0 Å². The number of halogens is 2. The van der Waals surface area contributed by atoms with E-state index in [4.69, 9.17) is 21.1 Å². The van der Waals surface area contributed by atoms with Gasteiger partial charge in [-0.2, -0.15) is 0 Å². The quantitative estimate of drug-likeness (QED) is 0.794. The fourth-order valence-corrected chi connectivity index (χ4v) is 2.48. The number of methoxy groups -OCH3 is 1. The molecule has 3 atom stereocenters. The number of ether oxygens (including phenoxy) is 2. The summed E-state index contributed by atoms with van der Waals surface area (Å²) < 4.78 is 12.1. The minimum Gasteiger partial charge on any atom is -0.377 e. The molecule has 0 saturated heterocycles. The summed E-state index contributed by atoms with van der Waals surface area (Å²) in [4.78, 5) is 0. The lowest BCUT2D eigenvalue weighted by Crippen LogP contribution is -2.50. The highest BCUT2D eigenvalue weighted by Crippen LogP contribution is 2.32. The molecule has 0 amide bonds. The summed E-state index contributed by atoms with van der Waals surface area (Å²) in [7, 11) is 1.68. The summed E-state index contributed by atoms with van der Waals surface area (Å²) in [5, 5.41) is 0.0971. The Morgan fingerprint density at radius 3 is 2.62 bits per heavy atom. The summed E-state index contributed by atoms with van der Waals surface area (Å²) in [6.07, 6.45) is 1.05. The average molecular weight is 306 g/mol. The highest BCUT2D eigenvalue weighted by Gasteiger charge is 2.40. The second kappa shape index (κ2) is 5.50. The molecule has 1 aromatic carbocycles. The molecule has 2 rings (SSSR count). The molecule has 0 aliphatic heterocycles. The van der Waals surface area contributed by atoms with Gasteiger partial charge in [0.25, 0.3) is 0 Å². The molecule has 0 N–H and O–H groups in total. The van der Waals surface area contributed by atoms with Crippen LogP contribution in [0.15, 0.2) is 28.7 Å². The second-order valence-electron chi connectivity index (χ2n) is 3.93. The molecule has 4 heteroatoms. The fraction of sp³-hybridized carbons (Fsp3) is 0.500. The van der Waals surface area contributed by atoms with Crippen LogP contribution in [0, 0.1) is 0 Å². The van der Waals surface area contributed by atoms with Gasteiger partial charge < -0.3 is 9.47 Å². The molecule has 88 valence electrons. The molecule has 0 heterocycles. The third-order valence-electron chi connectivity index (χ3n) is 2.83. The van der Waals surface area contributed by atoms with E-state index < -0.39 is 0 Å². The van der Waals surface area contributed by atoms with E-state index in [0.29, 0.717) is 6.61 Å². The molecule has 2 nitrogen and oxygen atoms in total. The first-order chi connectivity index (χ1) is 7.70. The van der Waals surface area contributed by atoms with Crippen molar-refractivity contribution in [3.8, 4) is 0 Å². The van der Waals surface area contributed by atoms with Gasteiger partial charge in [-0.1, -0.05) is 28.1 Å². The van der Waals surface area contributed by atoms with Crippen LogP contribution in [0.3, 0.4) is 0 Å². The summed E-state index contributed by atoms with van der Waals surface area (Å²) in [5.41, 5.74) is 1.16. The summed E-state index contributed by atoms with van der Waals surface area (Å²) >= 11 is 9.40. The van der Waals surface area contributed by atoms with E-state index in [9.17, 15) is 0 Å². The lowest BCUT2D eigenvalue weighted by Gasteiger charge is -2.39. The largest absolute Gasteiger partial charge is 0.377 e. The molecule has 1 aromatic rings. The molecule has 16 heavy (non-hydrogen) atoms. The molecule has 1 aliphatic rings. The molecular formula is C12H14BrClO2. The van der Waals surface area contributed by atoms with Crippen molar-refractivity contribution in [2.75, 3.05) is 7.11 Å². The number of hydrogen-bond donors (Lipinski definition) is 0. The Labute approximate surface area is 109 Å². The van der Waals surface area contributed by atoms with Crippen molar-refractivity contribution >= 4 is 27.5 Å². The van der Waals surface area contributed by atoms with Gasteiger partial charge in [0, 0.05) is 11.6 Å². The van der Waals surface area contributed by atoms with Gasteiger partial charge in [-0.25, -0.2) is 0 Å². The molecular weight excluding hydrogens is 291 g/mol. The minimum atomic E-state index is 0.0390. The first-order valence-corrected chi connectivity index (χ1v) is 6.46. The van der Waals surface area contributed by atoms with Gasteiger partial charge in [0.1, 0.15) is 0 Å². The van der Waals surface area contributed by atoms with Gasteiger partial charge in [-0.05, 0) is 24.1 Å². The van der Waals surface area contributed by atoms with Gasteiger partial charge >= 0.3 is 0 Å². The van der Waals surface area contributed by atoms with Crippen LogP contribution in [0.5, 0.6) is 0 Å². The predicted octanol–water partition coefficient (Wildman–Crippen LogP) is 3.36. The van der Waals surface area contributed by atoms with E-state index in [2.05, 4.69) is 15.9 Å². The smallest absolute Gasteiger partial charge is 0.0997 e. The Bertz CT molecular complexity index is 341. The summed E-state index contributed by atoms with van der Waals surface area (Å²) in [5.74, 6) is 0. The van der Waals surface area contributed by atoms with Crippen LogP contribution < -0.4 is 0 Å². The monoisotopic (exact) mass is 304 g/mol. The van der Waals surface area contributed by atoms with Crippen LogP contribution in [0.4, 0.5) is 0 Å². The molecule has 1 aliphatic carbocycles. The molecule has 0 aromatic heterocycles. The van der Waals surface area contributed by atoms with Gasteiger partial charge in [-0.3, -0.25) is 0 Å². The lowest BCUT2D eigenvalue weighted by atomic mass is 9.91. The topological polar surface area (TPSA) is 18.5 Å². The van der Waals surface area contributed by atoms with Crippen LogP contribution in [-0.2, 0) is 16.1 Å². The Morgan fingerprint density at radius 2 is 2.06 bits per heavy atom. The number of hydrogen-bond acceptors (Lipinski definition) is 2. The Morgan fingerprint density at radius 1 is 1.38 bits per heavy atom. The standard InChI is InChI=1S/C12H14BrClO2/c1-15-12-10(14)6-11(12)16-7-8-2-4-9(13)5-3-8/h2-5,10-12H,6-7H2,1H3. The van der Waals surface area contributed by atoms with Crippen LogP contribution in [0.1, 0.15) is 12.0 Å². The molecule has 1 fully saturated rings. The molecule has 1 saturated carbocycles. The Kier molecular flexibility index (Phi) is 4.25. The highest BCUT2D eigenvalue weighted by molar-refractivity contribution is 9.10. The zero-order valence-electron chi connectivity index (χ0n) is 9.03. The molecule has 0 spiro atoms. The van der Waals surface area contributed by atoms with Gasteiger partial charge in [0.2, 0.25) is 0 Å². The van der Waals surface area contributed by atoms with Gasteiger partial charge in [0.15, 0.2) is 0 Å². The Balaban J connectivity index is 1.82. The summed E-state index contributed by atoms with van der Waals surface area (Å²) in [6.45, 7) is 0.613. The van der Waals surface area contributed by atoms with Gasteiger partial charge in [0.05, 0.1) is 24.2 Å². The van der Waals surface area contributed by atoms with Crippen molar-refractivity contribution in [2.45, 2.75) is 30.6 Å². The Hall–Kier alpha value is -0.0900. The maximum atomic E-state index is 6.00. The third kappa shape index (κ3) is 2.77. The summed E-state index contributed by atoms with van der Waals surface area (Å²) in [6, 6.07) is 8.11. The minimum absolute atomic E-state index is 0.0390. The van der Waals surface area contributed by atoms with Crippen LogP contribution in [0.2, 0.25) is 0 Å². The van der Waals surface area contributed by atoms with E-state index in [1.54, 1.807) is 7.11 Å². The first kappa shape index (κ1) is 12.4. The molecule has 3 unspecified atom stereocenters. The van der Waals surface area contributed by atoms with Crippen molar-refractivity contribution in [2.24, 2.45) is 0 Å². The van der Waals surface area contributed by atoms with Crippen molar-refractivity contribution in [3.63, 3.8) is 0 Å². The second-order valence-corrected chi connectivity index (χ2v) is 5.40. The van der Waals surface area contributed by atoms with E-state index in [-0.39, 0.29) is 17.6 Å². The fourth-order valence-electron chi connectivity index (χ4n) is 1.77. The number of rotatable bonds is 4. The van der Waals surface area contributed by atoms with E-state index in [1.807, 2.05) is 24.3 Å². The normalized spacial score (nSPS) is 28.8. The zero-order chi connectivity index (χ0) is 11.5.